The van der Waals surface area contributed by atoms with Crippen molar-refractivity contribution in [1.29, 1.82) is 0 Å². The fourth-order valence-corrected chi connectivity index (χ4v) is 1.46. The average molecular weight is 167 g/mol. The molecule has 0 aromatic heterocycles. The second-order valence-corrected chi connectivity index (χ2v) is 4.80. The zero-order valence-electron chi connectivity index (χ0n) is 5.02. The lowest BCUT2D eigenvalue weighted by Gasteiger charge is -1.89. The molecule has 0 aliphatic heterocycles. The number of hydrogen-bond acceptors (Lipinski definition) is 2. The van der Waals surface area contributed by atoms with Gasteiger partial charge in [-0.15, -0.1) is 0 Å². The number of rotatable bonds is 1. The summed E-state index contributed by atoms with van der Waals surface area (Å²) in [6.45, 7) is 1.55. The highest BCUT2D eigenvalue weighted by Gasteiger charge is 2.21. The van der Waals surface area contributed by atoms with E-state index in [2.05, 4.69) is 0 Å². The summed E-state index contributed by atoms with van der Waals surface area (Å²) in [5.41, 5.74) is 0.977. The fraction of sp³-hybridized carbons (Fsp3) is 0.600. The van der Waals surface area contributed by atoms with Gasteiger partial charge in [-0.2, -0.15) is 0 Å². The van der Waals surface area contributed by atoms with Gasteiger partial charge < -0.3 is 0 Å². The lowest BCUT2D eigenvalue weighted by Crippen LogP contribution is -1.88. The van der Waals surface area contributed by atoms with Crippen LogP contribution < -0.4 is 0 Å². The summed E-state index contributed by atoms with van der Waals surface area (Å²) < 4.78 is 21.0. The molecule has 1 aliphatic rings. The van der Waals surface area contributed by atoms with Gasteiger partial charge in [0.15, 0.2) is 0 Å². The Hall–Kier alpha value is -0.0200. The molecule has 0 aromatic rings. The van der Waals surface area contributed by atoms with Gasteiger partial charge in [0.2, 0.25) is 0 Å². The smallest absolute Gasteiger partial charge is 0.207 e. The summed E-state index contributed by atoms with van der Waals surface area (Å²) in [5.74, 6) is 0. The van der Waals surface area contributed by atoms with Crippen LogP contribution in [0.4, 0.5) is 0 Å². The van der Waals surface area contributed by atoms with E-state index in [4.69, 9.17) is 10.7 Å². The predicted molar refractivity (Wildman–Crippen MR) is 36.7 cm³/mol. The topological polar surface area (TPSA) is 34.1 Å². The van der Waals surface area contributed by atoms with Gasteiger partial charge in [0, 0.05) is 10.7 Å². The summed E-state index contributed by atoms with van der Waals surface area (Å²) >= 11 is 0. The summed E-state index contributed by atoms with van der Waals surface area (Å²) in [6.07, 6.45) is 1.80. The molecule has 0 spiro atoms. The van der Waals surface area contributed by atoms with Crippen LogP contribution >= 0.6 is 10.7 Å². The molecule has 1 rings (SSSR count). The van der Waals surface area contributed by atoms with Crippen LogP contribution in [0.1, 0.15) is 19.8 Å². The number of halogens is 1. The van der Waals surface area contributed by atoms with E-state index in [1.807, 2.05) is 0 Å². The van der Waals surface area contributed by atoms with Crippen LogP contribution in [0.3, 0.4) is 0 Å². The lowest BCUT2D eigenvalue weighted by molar-refractivity contribution is 0.614. The third-order valence-corrected chi connectivity index (χ3v) is 3.08. The first-order valence-corrected chi connectivity index (χ1v) is 4.96. The van der Waals surface area contributed by atoms with Crippen molar-refractivity contribution in [1.82, 2.24) is 0 Å². The van der Waals surface area contributed by atoms with E-state index >= 15 is 0 Å². The third kappa shape index (κ3) is 1.69. The van der Waals surface area contributed by atoms with Crippen LogP contribution in [0.5, 0.6) is 0 Å². The van der Waals surface area contributed by atoms with Crippen LogP contribution in [0.2, 0.25) is 0 Å². The maximum Gasteiger partial charge on any atom is 0.257 e. The Labute approximate surface area is 58.9 Å². The summed E-state index contributed by atoms with van der Waals surface area (Å²) in [5, 5.41) is 0. The van der Waals surface area contributed by atoms with E-state index in [0.717, 1.165) is 18.4 Å². The normalized spacial score (nSPS) is 17.8. The van der Waals surface area contributed by atoms with E-state index < -0.39 is 9.05 Å². The molecule has 1 aliphatic carbocycles. The minimum atomic E-state index is -3.39. The zero-order chi connectivity index (χ0) is 7.07. The molecule has 0 saturated heterocycles. The second kappa shape index (κ2) is 1.99. The quantitative estimate of drug-likeness (QED) is 0.555. The molecule has 0 heterocycles. The molecule has 0 bridgehead atoms. The van der Waals surface area contributed by atoms with Gasteiger partial charge in [-0.25, -0.2) is 8.42 Å². The summed E-state index contributed by atoms with van der Waals surface area (Å²) in [7, 11) is 1.65. The Morgan fingerprint density at radius 2 is 2.00 bits per heavy atom. The Morgan fingerprint density at radius 1 is 1.56 bits per heavy atom. The molecule has 0 unspecified atom stereocenters. The van der Waals surface area contributed by atoms with E-state index in [1.165, 1.54) is 0 Å². The van der Waals surface area contributed by atoms with Crippen LogP contribution in [0, 0.1) is 0 Å². The standard InChI is InChI=1S/C5H7ClO2S/c1-4(5-2-3-5)9(6,7)8/h2-3H2,1H3. The summed E-state index contributed by atoms with van der Waals surface area (Å²) in [6, 6.07) is 0. The first-order chi connectivity index (χ1) is 4.02. The fourth-order valence-electron chi connectivity index (χ4n) is 0.587. The molecule has 2 nitrogen and oxygen atoms in total. The summed E-state index contributed by atoms with van der Waals surface area (Å²) in [4.78, 5) is 0.351. The van der Waals surface area contributed by atoms with Crippen LogP contribution in [-0.2, 0) is 9.05 Å². The molecule has 0 amide bonds. The van der Waals surface area contributed by atoms with Gasteiger partial charge in [-0.3, -0.25) is 0 Å². The first-order valence-electron chi connectivity index (χ1n) is 2.65. The van der Waals surface area contributed by atoms with Crippen molar-refractivity contribution >= 4 is 19.7 Å². The predicted octanol–water partition coefficient (Wildman–Crippen LogP) is 1.62. The maximum absolute atomic E-state index is 10.5. The lowest BCUT2D eigenvalue weighted by atomic mass is 10.5. The van der Waals surface area contributed by atoms with Gasteiger partial charge in [0.05, 0.1) is 4.91 Å². The zero-order valence-corrected chi connectivity index (χ0v) is 6.59. The van der Waals surface area contributed by atoms with Crippen molar-refractivity contribution in [2.75, 3.05) is 0 Å². The molecule has 9 heavy (non-hydrogen) atoms. The highest BCUT2D eigenvalue weighted by Crippen LogP contribution is 2.34. The van der Waals surface area contributed by atoms with Crippen molar-refractivity contribution in [2.45, 2.75) is 19.8 Å². The van der Waals surface area contributed by atoms with Gasteiger partial charge in [-0.1, -0.05) is 5.57 Å². The third-order valence-electron chi connectivity index (χ3n) is 1.36. The Balaban J connectivity index is 3.00. The van der Waals surface area contributed by atoms with Gasteiger partial charge in [-0.05, 0) is 19.8 Å². The Bertz CT molecular complexity index is 244. The van der Waals surface area contributed by atoms with E-state index in [9.17, 15) is 8.42 Å². The SMILES string of the molecule is CC(=C1CC1)S(=O)(=O)Cl. The van der Waals surface area contributed by atoms with Crippen LogP contribution in [0.15, 0.2) is 10.5 Å². The van der Waals surface area contributed by atoms with Gasteiger partial charge in [0.25, 0.3) is 9.05 Å². The highest BCUT2D eigenvalue weighted by atomic mass is 35.7. The molecule has 0 N–H and O–H groups in total. The van der Waals surface area contributed by atoms with Crippen LogP contribution in [-0.4, -0.2) is 8.42 Å². The van der Waals surface area contributed by atoms with Gasteiger partial charge in [0.1, 0.15) is 0 Å². The van der Waals surface area contributed by atoms with E-state index in [0.29, 0.717) is 4.91 Å². The van der Waals surface area contributed by atoms with E-state index in [1.54, 1.807) is 6.92 Å². The molecular formula is C5H7ClO2S. The molecule has 1 fully saturated rings. The average Bonchev–Trinajstić information content (AvgIpc) is 2.40. The monoisotopic (exact) mass is 166 g/mol. The minimum Gasteiger partial charge on any atom is -0.207 e. The molecule has 0 aromatic carbocycles. The second-order valence-electron chi connectivity index (χ2n) is 2.10. The maximum atomic E-state index is 10.5. The van der Waals surface area contributed by atoms with Crippen molar-refractivity contribution < 1.29 is 8.42 Å². The van der Waals surface area contributed by atoms with Crippen molar-refractivity contribution in [3.8, 4) is 0 Å². The Kier molecular flexibility index (Phi) is 1.57. The number of allylic oxidation sites excluding steroid dienone is 2. The van der Waals surface area contributed by atoms with Crippen molar-refractivity contribution in [3.63, 3.8) is 0 Å². The molecule has 0 atom stereocenters. The van der Waals surface area contributed by atoms with E-state index in [-0.39, 0.29) is 0 Å². The molecule has 0 radical (unpaired) electrons. The largest absolute Gasteiger partial charge is 0.257 e. The minimum absolute atomic E-state index is 0.351. The molecule has 4 heteroatoms. The van der Waals surface area contributed by atoms with Crippen molar-refractivity contribution in [2.24, 2.45) is 0 Å². The number of hydrogen-bond donors (Lipinski definition) is 0. The molecule has 52 valence electrons. The van der Waals surface area contributed by atoms with Crippen molar-refractivity contribution in [3.05, 3.63) is 10.5 Å². The molecule has 1 saturated carbocycles. The first kappa shape index (κ1) is 7.09. The Morgan fingerprint density at radius 3 is 2.11 bits per heavy atom. The van der Waals surface area contributed by atoms with Gasteiger partial charge >= 0.3 is 0 Å². The molecular weight excluding hydrogens is 160 g/mol. The highest BCUT2D eigenvalue weighted by molar-refractivity contribution is 8.16. The van der Waals surface area contributed by atoms with Crippen LogP contribution in [0.25, 0.3) is 0 Å².